The van der Waals surface area contributed by atoms with Gasteiger partial charge in [-0.05, 0) is 43.2 Å². The van der Waals surface area contributed by atoms with E-state index in [4.69, 9.17) is 9.47 Å². The summed E-state index contributed by atoms with van der Waals surface area (Å²) in [7, 11) is 3.52. The molecule has 2 nitrogen and oxygen atoms in total. The van der Waals surface area contributed by atoms with Crippen LogP contribution in [0.25, 0.3) is 0 Å². The Labute approximate surface area is 90.2 Å². The summed E-state index contributed by atoms with van der Waals surface area (Å²) in [6.45, 7) is 0. The molecule has 0 heterocycles. The lowest BCUT2D eigenvalue weighted by Crippen LogP contribution is -2.03. The zero-order chi connectivity index (χ0) is 10.4. The van der Waals surface area contributed by atoms with Gasteiger partial charge in [-0.25, -0.2) is 0 Å². The summed E-state index contributed by atoms with van der Waals surface area (Å²) in [4.78, 5) is 0. The van der Waals surface area contributed by atoms with Gasteiger partial charge in [-0.1, -0.05) is 0 Å². The standard InChI is InChI=1S/C13H16O2/c1-14-10-5-6-11(15-2)13-9-4-3-8(7-9)12(10)13/h5-6,8-9H,3-4,7H2,1-2H3. The minimum atomic E-state index is 0.718. The van der Waals surface area contributed by atoms with Crippen molar-refractivity contribution in [3.8, 4) is 11.5 Å². The van der Waals surface area contributed by atoms with Crippen LogP contribution in [-0.2, 0) is 0 Å². The molecule has 0 aromatic heterocycles. The van der Waals surface area contributed by atoms with Gasteiger partial charge in [0.25, 0.3) is 0 Å². The van der Waals surface area contributed by atoms with Gasteiger partial charge in [-0.2, -0.15) is 0 Å². The van der Waals surface area contributed by atoms with Gasteiger partial charge in [0.2, 0.25) is 0 Å². The fourth-order valence-electron chi connectivity index (χ4n) is 3.30. The van der Waals surface area contributed by atoms with E-state index in [0.29, 0.717) is 0 Å². The molecule has 2 heteroatoms. The van der Waals surface area contributed by atoms with Crippen molar-refractivity contribution in [2.45, 2.75) is 31.1 Å². The van der Waals surface area contributed by atoms with Gasteiger partial charge in [-0.15, -0.1) is 0 Å². The number of methoxy groups -OCH3 is 2. The maximum atomic E-state index is 5.45. The van der Waals surface area contributed by atoms with Crippen LogP contribution < -0.4 is 9.47 Å². The van der Waals surface area contributed by atoms with Crippen molar-refractivity contribution in [1.82, 2.24) is 0 Å². The van der Waals surface area contributed by atoms with Crippen LogP contribution in [0.3, 0.4) is 0 Å². The van der Waals surface area contributed by atoms with Gasteiger partial charge in [-0.3, -0.25) is 0 Å². The predicted octanol–water partition coefficient (Wildman–Crippen LogP) is 3.07. The summed E-state index contributed by atoms with van der Waals surface area (Å²) >= 11 is 0. The number of rotatable bonds is 2. The van der Waals surface area contributed by atoms with E-state index in [2.05, 4.69) is 0 Å². The van der Waals surface area contributed by atoms with Crippen LogP contribution in [0.2, 0.25) is 0 Å². The summed E-state index contributed by atoms with van der Waals surface area (Å²) < 4.78 is 10.9. The zero-order valence-electron chi connectivity index (χ0n) is 9.25. The molecular formula is C13H16O2. The van der Waals surface area contributed by atoms with Crippen molar-refractivity contribution in [3.05, 3.63) is 23.3 Å². The summed E-state index contributed by atoms with van der Waals surface area (Å²) in [6, 6.07) is 4.08. The van der Waals surface area contributed by atoms with Gasteiger partial charge < -0.3 is 9.47 Å². The van der Waals surface area contributed by atoms with E-state index < -0.39 is 0 Å². The Morgan fingerprint density at radius 1 is 0.933 bits per heavy atom. The Morgan fingerprint density at radius 2 is 1.40 bits per heavy atom. The highest BCUT2D eigenvalue weighted by molar-refractivity contribution is 5.56. The molecule has 0 saturated heterocycles. The largest absolute Gasteiger partial charge is 0.496 e. The van der Waals surface area contributed by atoms with E-state index in [0.717, 1.165) is 23.3 Å². The van der Waals surface area contributed by atoms with E-state index in [-0.39, 0.29) is 0 Å². The number of ether oxygens (including phenoxy) is 2. The second-order valence-electron chi connectivity index (χ2n) is 4.50. The molecule has 0 spiro atoms. The Hall–Kier alpha value is -1.18. The Morgan fingerprint density at radius 3 is 1.80 bits per heavy atom. The van der Waals surface area contributed by atoms with Crippen molar-refractivity contribution in [1.29, 1.82) is 0 Å². The van der Waals surface area contributed by atoms with Crippen molar-refractivity contribution in [2.75, 3.05) is 14.2 Å². The van der Waals surface area contributed by atoms with E-state index in [1.54, 1.807) is 14.2 Å². The third-order valence-corrected chi connectivity index (χ3v) is 3.90. The lowest BCUT2D eigenvalue weighted by Gasteiger charge is -2.20. The van der Waals surface area contributed by atoms with Crippen molar-refractivity contribution < 1.29 is 9.47 Å². The minimum absolute atomic E-state index is 0.718. The molecule has 15 heavy (non-hydrogen) atoms. The van der Waals surface area contributed by atoms with Gasteiger partial charge in [0, 0.05) is 11.1 Å². The van der Waals surface area contributed by atoms with Crippen LogP contribution >= 0.6 is 0 Å². The highest BCUT2D eigenvalue weighted by Crippen LogP contribution is 2.58. The van der Waals surface area contributed by atoms with E-state index >= 15 is 0 Å². The van der Waals surface area contributed by atoms with Crippen LogP contribution in [0.1, 0.15) is 42.2 Å². The molecule has 0 amide bonds. The first kappa shape index (κ1) is 9.08. The maximum absolute atomic E-state index is 5.45. The summed E-state index contributed by atoms with van der Waals surface area (Å²) in [5.74, 6) is 3.54. The third kappa shape index (κ3) is 1.11. The number of hydrogen-bond donors (Lipinski definition) is 0. The molecule has 80 valence electrons. The van der Waals surface area contributed by atoms with Crippen LogP contribution in [0.15, 0.2) is 12.1 Å². The predicted molar refractivity (Wildman–Crippen MR) is 58.9 cm³/mol. The summed E-state index contributed by atoms with van der Waals surface area (Å²) in [6.07, 6.45) is 3.94. The Bertz CT molecular complexity index is 361. The minimum Gasteiger partial charge on any atom is -0.496 e. The molecule has 2 aliphatic rings. The van der Waals surface area contributed by atoms with Crippen molar-refractivity contribution >= 4 is 0 Å². The quantitative estimate of drug-likeness (QED) is 0.737. The molecule has 3 rings (SSSR count). The van der Waals surface area contributed by atoms with E-state index in [1.807, 2.05) is 12.1 Å². The van der Waals surface area contributed by atoms with E-state index in [9.17, 15) is 0 Å². The average Bonchev–Trinajstić information content (AvgIpc) is 2.88. The molecular weight excluding hydrogens is 188 g/mol. The average molecular weight is 204 g/mol. The molecule has 1 fully saturated rings. The third-order valence-electron chi connectivity index (χ3n) is 3.90. The van der Waals surface area contributed by atoms with Gasteiger partial charge >= 0.3 is 0 Å². The molecule has 1 aromatic carbocycles. The molecule has 2 aliphatic carbocycles. The smallest absolute Gasteiger partial charge is 0.122 e. The first-order valence-electron chi connectivity index (χ1n) is 5.60. The van der Waals surface area contributed by atoms with Crippen molar-refractivity contribution in [3.63, 3.8) is 0 Å². The van der Waals surface area contributed by atoms with Crippen molar-refractivity contribution in [2.24, 2.45) is 0 Å². The number of fused-ring (bicyclic) bond motifs is 5. The SMILES string of the molecule is COc1ccc(OC)c2c1C1CCC2C1. The first-order chi connectivity index (χ1) is 7.35. The summed E-state index contributed by atoms with van der Waals surface area (Å²) in [5, 5.41) is 0. The topological polar surface area (TPSA) is 18.5 Å². The monoisotopic (exact) mass is 204 g/mol. The number of hydrogen-bond acceptors (Lipinski definition) is 2. The van der Waals surface area contributed by atoms with Gasteiger partial charge in [0.15, 0.2) is 0 Å². The van der Waals surface area contributed by atoms with Crippen LogP contribution in [0.5, 0.6) is 11.5 Å². The van der Waals surface area contributed by atoms with E-state index in [1.165, 1.54) is 30.4 Å². The molecule has 1 saturated carbocycles. The lowest BCUT2D eigenvalue weighted by molar-refractivity contribution is 0.391. The molecule has 1 aromatic rings. The highest BCUT2D eigenvalue weighted by atomic mass is 16.5. The molecule has 2 atom stereocenters. The lowest BCUT2D eigenvalue weighted by atomic mass is 9.90. The second kappa shape index (κ2) is 3.16. The Balaban J connectivity index is 2.21. The highest BCUT2D eigenvalue weighted by Gasteiger charge is 2.40. The normalized spacial score (nSPS) is 26.5. The Kier molecular flexibility index (Phi) is 1.91. The number of benzene rings is 1. The van der Waals surface area contributed by atoms with Gasteiger partial charge in [0.1, 0.15) is 11.5 Å². The fourth-order valence-corrected chi connectivity index (χ4v) is 3.30. The fraction of sp³-hybridized carbons (Fsp3) is 0.538. The first-order valence-corrected chi connectivity index (χ1v) is 5.60. The second-order valence-corrected chi connectivity index (χ2v) is 4.50. The van der Waals surface area contributed by atoms with Crippen LogP contribution in [-0.4, -0.2) is 14.2 Å². The van der Waals surface area contributed by atoms with Gasteiger partial charge in [0.05, 0.1) is 14.2 Å². The molecule has 2 unspecified atom stereocenters. The maximum Gasteiger partial charge on any atom is 0.122 e. The molecule has 0 radical (unpaired) electrons. The van der Waals surface area contributed by atoms with Crippen LogP contribution in [0, 0.1) is 0 Å². The molecule has 2 bridgehead atoms. The molecule has 0 N–H and O–H groups in total. The zero-order valence-corrected chi connectivity index (χ0v) is 9.25. The molecule has 0 aliphatic heterocycles. The van der Waals surface area contributed by atoms with Crippen LogP contribution in [0.4, 0.5) is 0 Å². The summed E-state index contributed by atoms with van der Waals surface area (Å²) in [5.41, 5.74) is 2.85.